The van der Waals surface area contributed by atoms with Gasteiger partial charge in [-0.1, -0.05) is 54.1 Å². The van der Waals surface area contributed by atoms with Crippen LogP contribution < -0.4 is 10.6 Å². The van der Waals surface area contributed by atoms with Gasteiger partial charge in [0.05, 0.1) is 23.0 Å². The van der Waals surface area contributed by atoms with Gasteiger partial charge in [0.1, 0.15) is 0 Å². The van der Waals surface area contributed by atoms with Crippen molar-refractivity contribution in [1.82, 2.24) is 15.5 Å². The van der Waals surface area contributed by atoms with Crippen LogP contribution in [-0.4, -0.2) is 42.9 Å². The van der Waals surface area contributed by atoms with Crippen LogP contribution in [0.3, 0.4) is 0 Å². The monoisotopic (exact) mass is 385 g/mol. The summed E-state index contributed by atoms with van der Waals surface area (Å²) in [6.45, 7) is 3.16. The van der Waals surface area contributed by atoms with Gasteiger partial charge in [-0.3, -0.25) is 9.59 Å². The van der Waals surface area contributed by atoms with Gasteiger partial charge in [-0.2, -0.15) is 0 Å². The van der Waals surface area contributed by atoms with Crippen LogP contribution in [0.5, 0.6) is 0 Å². The quantitative estimate of drug-likeness (QED) is 0.831. The highest BCUT2D eigenvalue weighted by molar-refractivity contribution is 6.33. The highest BCUT2D eigenvalue weighted by Gasteiger charge is 2.23. The second kappa shape index (κ2) is 9.53. The first-order valence-electron chi connectivity index (χ1n) is 9.24. The summed E-state index contributed by atoms with van der Waals surface area (Å²) in [6, 6.07) is 16.1. The maximum absolute atomic E-state index is 12.8. The van der Waals surface area contributed by atoms with Crippen molar-refractivity contribution in [1.29, 1.82) is 0 Å². The van der Waals surface area contributed by atoms with E-state index in [-0.39, 0.29) is 18.2 Å². The molecule has 2 aromatic carbocycles. The highest BCUT2D eigenvalue weighted by atomic mass is 35.5. The smallest absolute Gasteiger partial charge is 0.253 e. The maximum Gasteiger partial charge on any atom is 0.253 e. The number of carbonyl (C=O) groups is 2. The molecule has 1 heterocycles. The van der Waals surface area contributed by atoms with E-state index < -0.39 is 6.04 Å². The van der Waals surface area contributed by atoms with Crippen molar-refractivity contribution in [2.75, 3.05) is 26.2 Å². The molecule has 1 unspecified atom stereocenters. The van der Waals surface area contributed by atoms with Gasteiger partial charge in [-0.05, 0) is 30.7 Å². The molecule has 0 spiro atoms. The minimum Gasteiger partial charge on any atom is -0.345 e. The Kier molecular flexibility index (Phi) is 6.85. The lowest BCUT2D eigenvalue weighted by Gasteiger charge is -2.25. The van der Waals surface area contributed by atoms with E-state index >= 15 is 0 Å². The normalized spacial score (nSPS) is 15.7. The number of nitrogens with zero attached hydrogens (tertiary/aromatic N) is 1. The van der Waals surface area contributed by atoms with Gasteiger partial charge in [0.25, 0.3) is 5.91 Å². The molecule has 1 aliphatic heterocycles. The van der Waals surface area contributed by atoms with Crippen molar-refractivity contribution in [3.8, 4) is 0 Å². The zero-order valence-corrected chi connectivity index (χ0v) is 15.9. The number of rotatable bonds is 5. The Hall–Kier alpha value is -2.37. The fourth-order valence-corrected chi connectivity index (χ4v) is 3.44. The molecule has 142 valence electrons. The molecule has 6 heteroatoms. The van der Waals surface area contributed by atoms with E-state index in [4.69, 9.17) is 11.6 Å². The van der Waals surface area contributed by atoms with Crippen LogP contribution in [0.2, 0.25) is 5.02 Å². The first-order chi connectivity index (χ1) is 13.1. The molecular weight excluding hydrogens is 362 g/mol. The Balaban J connectivity index is 1.76. The second-order valence-corrected chi connectivity index (χ2v) is 7.01. The average molecular weight is 386 g/mol. The molecule has 5 nitrogen and oxygen atoms in total. The molecule has 2 amide bonds. The van der Waals surface area contributed by atoms with Gasteiger partial charge in [0.2, 0.25) is 5.91 Å². The van der Waals surface area contributed by atoms with Crippen molar-refractivity contribution < 1.29 is 9.59 Å². The van der Waals surface area contributed by atoms with Gasteiger partial charge in [0.15, 0.2) is 0 Å². The summed E-state index contributed by atoms with van der Waals surface area (Å²) >= 11 is 6.15. The summed E-state index contributed by atoms with van der Waals surface area (Å²) in [4.78, 5) is 27.4. The van der Waals surface area contributed by atoms with Crippen LogP contribution in [0.25, 0.3) is 0 Å². The molecule has 2 aromatic rings. The van der Waals surface area contributed by atoms with E-state index in [0.717, 1.165) is 31.6 Å². The highest BCUT2D eigenvalue weighted by Crippen LogP contribution is 2.21. The lowest BCUT2D eigenvalue weighted by Crippen LogP contribution is -2.38. The minimum atomic E-state index is -0.404. The van der Waals surface area contributed by atoms with Gasteiger partial charge >= 0.3 is 0 Å². The van der Waals surface area contributed by atoms with Crippen LogP contribution in [0.1, 0.15) is 34.8 Å². The Labute approximate surface area is 164 Å². The summed E-state index contributed by atoms with van der Waals surface area (Å²) in [5, 5.41) is 6.68. The fourth-order valence-electron chi connectivity index (χ4n) is 3.22. The molecule has 1 saturated heterocycles. The van der Waals surface area contributed by atoms with Gasteiger partial charge in [-0.25, -0.2) is 0 Å². The van der Waals surface area contributed by atoms with Gasteiger partial charge < -0.3 is 15.5 Å². The standard InChI is InChI=1S/C21H24ClN3O2/c22-18-10-5-4-9-17(18)21(27)24-19(16-7-2-1-3-8-16)15-20(26)25-13-6-11-23-12-14-25/h1-5,7-10,19,23H,6,11-15H2,(H,24,27). The molecule has 3 rings (SSSR count). The molecular formula is C21H24ClN3O2. The Morgan fingerprint density at radius 2 is 1.78 bits per heavy atom. The summed E-state index contributed by atoms with van der Waals surface area (Å²) in [5.41, 5.74) is 1.31. The molecule has 0 radical (unpaired) electrons. The van der Waals surface area contributed by atoms with Crippen LogP contribution in [0, 0.1) is 0 Å². The van der Waals surface area contributed by atoms with Crippen LogP contribution in [0.15, 0.2) is 54.6 Å². The number of hydrogen-bond acceptors (Lipinski definition) is 3. The van der Waals surface area contributed by atoms with Crippen molar-refractivity contribution in [2.45, 2.75) is 18.9 Å². The van der Waals surface area contributed by atoms with Crippen LogP contribution in [-0.2, 0) is 4.79 Å². The van der Waals surface area contributed by atoms with E-state index in [1.165, 1.54) is 0 Å². The van der Waals surface area contributed by atoms with E-state index in [1.807, 2.05) is 35.2 Å². The summed E-state index contributed by atoms with van der Waals surface area (Å²) in [5.74, 6) is -0.230. The topological polar surface area (TPSA) is 61.4 Å². The molecule has 1 aliphatic rings. The first-order valence-corrected chi connectivity index (χ1v) is 9.62. The predicted octanol–water partition coefficient (Wildman–Crippen LogP) is 3.02. The Morgan fingerprint density at radius 1 is 1.04 bits per heavy atom. The molecule has 0 saturated carbocycles. The van der Waals surface area contributed by atoms with Gasteiger partial charge in [0, 0.05) is 19.6 Å². The number of hydrogen-bond donors (Lipinski definition) is 2. The lowest BCUT2D eigenvalue weighted by molar-refractivity contribution is -0.131. The van der Waals surface area contributed by atoms with E-state index in [1.54, 1.807) is 24.3 Å². The molecule has 1 fully saturated rings. The number of amides is 2. The number of carbonyl (C=O) groups excluding carboxylic acids is 2. The molecule has 0 aliphatic carbocycles. The Morgan fingerprint density at radius 3 is 2.56 bits per heavy atom. The molecule has 1 atom stereocenters. The SMILES string of the molecule is O=C(NC(CC(=O)N1CCCNCC1)c1ccccc1)c1ccccc1Cl. The van der Waals surface area contributed by atoms with Crippen LogP contribution >= 0.6 is 11.6 Å². The number of halogens is 1. The largest absolute Gasteiger partial charge is 0.345 e. The van der Waals surface area contributed by atoms with Crippen molar-refractivity contribution in [3.63, 3.8) is 0 Å². The van der Waals surface area contributed by atoms with E-state index in [9.17, 15) is 9.59 Å². The number of nitrogens with one attached hydrogen (secondary N) is 2. The van der Waals surface area contributed by atoms with Crippen LogP contribution in [0.4, 0.5) is 0 Å². The van der Waals surface area contributed by atoms with Crippen molar-refractivity contribution >= 4 is 23.4 Å². The summed E-state index contributed by atoms with van der Waals surface area (Å²) in [7, 11) is 0. The predicted molar refractivity (Wildman–Crippen MR) is 107 cm³/mol. The van der Waals surface area contributed by atoms with Crippen molar-refractivity contribution in [2.24, 2.45) is 0 Å². The lowest BCUT2D eigenvalue weighted by atomic mass is 10.0. The molecule has 27 heavy (non-hydrogen) atoms. The zero-order chi connectivity index (χ0) is 19.1. The van der Waals surface area contributed by atoms with E-state index in [2.05, 4.69) is 10.6 Å². The molecule has 2 N–H and O–H groups in total. The van der Waals surface area contributed by atoms with E-state index in [0.29, 0.717) is 17.1 Å². The zero-order valence-electron chi connectivity index (χ0n) is 15.2. The summed E-state index contributed by atoms with van der Waals surface area (Å²) in [6.07, 6.45) is 1.16. The molecule has 0 bridgehead atoms. The average Bonchev–Trinajstić information content (AvgIpc) is 2.98. The second-order valence-electron chi connectivity index (χ2n) is 6.61. The summed E-state index contributed by atoms with van der Waals surface area (Å²) < 4.78 is 0. The maximum atomic E-state index is 12.8. The fraction of sp³-hybridized carbons (Fsp3) is 0.333. The minimum absolute atomic E-state index is 0.0482. The number of benzene rings is 2. The van der Waals surface area contributed by atoms with Gasteiger partial charge in [-0.15, -0.1) is 0 Å². The first kappa shape index (κ1) is 19.4. The third kappa shape index (κ3) is 5.31. The molecule has 0 aromatic heterocycles. The Bertz CT molecular complexity index is 774. The van der Waals surface area contributed by atoms with Crippen molar-refractivity contribution in [3.05, 3.63) is 70.7 Å². The third-order valence-corrected chi connectivity index (χ3v) is 5.03. The third-order valence-electron chi connectivity index (χ3n) is 4.70.